The molecule has 0 heterocycles. The van der Waals surface area contributed by atoms with Crippen LogP contribution in [0.4, 0.5) is 5.69 Å². The van der Waals surface area contributed by atoms with Crippen LogP contribution in [-0.4, -0.2) is 39.0 Å². The van der Waals surface area contributed by atoms with Crippen molar-refractivity contribution in [3.8, 4) is 28.4 Å². The van der Waals surface area contributed by atoms with E-state index in [1.807, 2.05) is 0 Å². The summed E-state index contributed by atoms with van der Waals surface area (Å²) in [5.74, 6) is -1.95. The molecule has 1 unspecified atom stereocenters. The van der Waals surface area contributed by atoms with Gasteiger partial charge in [-0.1, -0.05) is 12.1 Å². The van der Waals surface area contributed by atoms with E-state index in [4.69, 9.17) is 10.8 Å². The molecule has 0 saturated heterocycles. The third kappa shape index (κ3) is 3.11. The smallest absolute Gasteiger partial charge is 0.243 e. The quantitative estimate of drug-likeness (QED) is 0.461. The first-order chi connectivity index (χ1) is 10.4. The molecule has 116 valence electrons. The topological polar surface area (TPSA) is 136 Å². The standard InChI is InChI=1S/C15H16N2O5/c16-11(7-18)15(22)17-9-3-1-8(2-4-9)10-5-6-12(19)14(21)13(10)20/h1-6,11,18-21H,7,16H2,(H,17,22). The molecule has 22 heavy (non-hydrogen) atoms. The first-order valence-electron chi connectivity index (χ1n) is 6.45. The summed E-state index contributed by atoms with van der Waals surface area (Å²) in [7, 11) is 0. The number of nitrogens with two attached hydrogens (primary N) is 1. The van der Waals surface area contributed by atoms with Gasteiger partial charge in [-0.25, -0.2) is 0 Å². The molecule has 1 atom stereocenters. The van der Waals surface area contributed by atoms with Crippen molar-refractivity contribution in [2.24, 2.45) is 5.73 Å². The molecular weight excluding hydrogens is 288 g/mol. The Labute approximate surface area is 126 Å². The molecule has 7 heteroatoms. The minimum Gasteiger partial charge on any atom is -0.504 e. The van der Waals surface area contributed by atoms with E-state index in [0.29, 0.717) is 16.8 Å². The summed E-state index contributed by atoms with van der Waals surface area (Å²) in [6.45, 7) is -0.454. The Kier molecular flexibility index (Phi) is 4.50. The summed E-state index contributed by atoms with van der Waals surface area (Å²) in [5, 5.41) is 40.0. The highest BCUT2D eigenvalue weighted by molar-refractivity contribution is 5.95. The average molecular weight is 304 g/mol. The van der Waals surface area contributed by atoms with Crippen LogP contribution in [0.5, 0.6) is 17.2 Å². The number of rotatable bonds is 4. The van der Waals surface area contributed by atoms with Crippen LogP contribution in [0.25, 0.3) is 11.1 Å². The van der Waals surface area contributed by atoms with Gasteiger partial charge in [-0.15, -0.1) is 0 Å². The maximum absolute atomic E-state index is 11.5. The van der Waals surface area contributed by atoms with Gasteiger partial charge in [0, 0.05) is 11.3 Å². The van der Waals surface area contributed by atoms with Gasteiger partial charge in [0.25, 0.3) is 0 Å². The molecule has 2 aromatic carbocycles. The molecule has 2 rings (SSSR count). The normalized spacial score (nSPS) is 11.9. The lowest BCUT2D eigenvalue weighted by atomic mass is 10.0. The molecule has 1 amide bonds. The van der Waals surface area contributed by atoms with Crippen molar-refractivity contribution in [2.75, 3.05) is 11.9 Å². The monoisotopic (exact) mass is 304 g/mol. The van der Waals surface area contributed by atoms with Gasteiger partial charge in [0.1, 0.15) is 6.04 Å². The van der Waals surface area contributed by atoms with Gasteiger partial charge >= 0.3 is 0 Å². The Balaban J connectivity index is 2.23. The maximum Gasteiger partial charge on any atom is 0.243 e. The molecule has 7 N–H and O–H groups in total. The predicted molar refractivity (Wildman–Crippen MR) is 80.6 cm³/mol. The average Bonchev–Trinajstić information content (AvgIpc) is 2.53. The van der Waals surface area contributed by atoms with E-state index in [2.05, 4.69) is 5.32 Å². The summed E-state index contributed by atoms with van der Waals surface area (Å²) < 4.78 is 0. The molecule has 0 aliphatic carbocycles. The Morgan fingerprint density at radius 3 is 2.27 bits per heavy atom. The lowest BCUT2D eigenvalue weighted by molar-refractivity contribution is -0.118. The molecule has 0 aliphatic rings. The summed E-state index contributed by atoms with van der Waals surface area (Å²) in [6, 6.07) is 8.12. The van der Waals surface area contributed by atoms with Crippen LogP contribution < -0.4 is 11.1 Å². The molecular formula is C15H16N2O5. The second-order valence-electron chi connectivity index (χ2n) is 4.69. The SMILES string of the molecule is NC(CO)C(=O)Nc1ccc(-c2ccc(O)c(O)c2O)cc1. The fourth-order valence-corrected chi connectivity index (χ4v) is 1.85. The van der Waals surface area contributed by atoms with Gasteiger partial charge in [-0.05, 0) is 29.8 Å². The highest BCUT2D eigenvalue weighted by Crippen LogP contribution is 2.42. The Hall–Kier alpha value is -2.77. The van der Waals surface area contributed by atoms with Crippen LogP contribution in [-0.2, 0) is 4.79 Å². The van der Waals surface area contributed by atoms with Crippen LogP contribution in [0, 0.1) is 0 Å². The van der Waals surface area contributed by atoms with E-state index in [-0.39, 0.29) is 0 Å². The number of nitrogens with one attached hydrogen (secondary N) is 1. The summed E-state index contributed by atoms with van der Waals surface area (Å²) in [5.41, 5.74) is 6.78. The maximum atomic E-state index is 11.5. The molecule has 7 nitrogen and oxygen atoms in total. The van der Waals surface area contributed by atoms with E-state index in [9.17, 15) is 20.1 Å². The van der Waals surface area contributed by atoms with Crippen molar-refractivity contribution in [3.05, 3.63) is 36.4 Å². The lowest BCUT2D eigenvalue weighted by Gasteiger charge is -2.11. The second-order valence-corrected chi connectivity index (χ2v) is 4.69. The number of hydrogen-bond acceptors (Lipinski definition) is 6. The fourth-order valence-electron chi connectivity index (χ4n) is 1.85. The van der Waals surface area contributed by atoms with Crippen LogP contribution in [0.3, 0.4) is 0 Å². The van der Waals surface area contributed by atoms with Crippen molar-refractivity contribution >= 4 is 11.6 Å². The number of anilines is 1. The van der Waals surface area contributed by atoms with Gasteiger partial charge in [0.05, 0.1) is 6.61 Å². The van der Waals surface area contributed by atoms with Gasteiger partial charge in [-0.2, -0.15) is 0 Å². The number of amides is 1. The Bertz CT molecular complexity index is 685. The van der Waals surface area contributed by atoms with Crippen LogP contribution in [0.2, 0.25) is 0 Å². The van der Waals surface area contributed by atoms with Crippen molar-refractivity contribution in [3.63, 3.8) is 0 Å². The van der Waals surface area contributed by atoms with Gasteiger partial charge in [0.2, 0.25) is 11.7 Å². The zero-order valence-corrected chi connectivity index (χ0v) is 11.5. The minimum absolute atomic E-state index is 0.334. The lowest BCUT2D eigenvalue weighted by Crippen LogP contribution is -2.38. The molecule has 0 saturated carbocycles. The van der Waals surface area contributed by atoms with Crippen molar-refractivity contribution in [2.45, 2.75) is 6.04 Å². The Morgan fingerprint density at radius 1 is 1.05 bits per heavy atom. The van der Waals surface area contributed by atoms with Crippen molar-refractivity contribution in [1.82, 2.24) is 0 Å². The second kappa shape index (κ2) is 6.33. The zero-order valence-electron chi connectivity index (χ0n) is 11.5. The number of carbonyl (C=O) groups is 1. The number of aliphatic hydroxyl groups excluding tert-OH is 1. The number of hydrogen-bond donors (Lipinski definition) is 6. The van der Waals surface area contributed by atoms with E-state index in [1.165, 1.54) is 12.1 Å². The Morgan fingerprint density at radius 2 is 1.68 bits per heavy atom. The van der Waals surface area contributed by atoms with Crippen LogP contribution in [0.1, 0.15) is 0 Å². The third-order valence-corrected chi connectivity index (χ3v) is 3.13. The molecule has 0 aromatic heterocycles. The fraction of sp³-hybridized carbons (Fsp3) is 0.133. The van der Waals surface area contributed by atoms with Crippen molar-refractivity contribution in [1.29, 1.82) is 0 Å². The highest BCUT2D eigenvalue weighted by atomic mass is 16.3. The molecule has 0 spiro atoms. The molecule has 0 fully saturated rings. The van der Waals surface area contributed by atoms with Gasteiger partial charge in [-0.3, -0.25) is 4.79 Å². The van der Waals surface area contributed by atoms with E-state index in [0.717, 1.165) is 0 Å². The molecule has 0 radical (unpaired) electrons. The van der Waals surface area contributed by atoms with E-state index >= 15 is 0 Å². The highest BCUT2D eigenvalue weighted by Gasteiger charge is 2.14. The summed E-state index contributed by atoms with van der Waals surface area (Å²) in [4.78, 5) is 11.5. The number of aromatic hydroxyl groups is 3. The molecule has 0 bridgehead atoms. The molecule has 2 aromatic rings. The zero-order chi connectivity index (χ0) is 16.3. The first kappa shape index (κ1) is 15.6. The van der Waals surface area contributed by atoms with Crippen LogP contribution in [0.15, 0.2) is 36.4 Å². The van der Waals surface area contributed by atoms with Gasteiger partial charge < -0.3 is 31.5 Å². The van der Waals surface area contributed by atoms with E-state index in [1.54, 1.807) is 24.3 Å². The number of aliphatic hydroxyl groups is 1. The largest absolute Gasteiger partial charge is 0.504 e. The van der Waals surface area contributed by atoms with Gasteiger partial charge in [0.15, 0.2) is 11.5 Å². The summed E-state index contributed by atoms with van der Waals surface area (Å²) in [6.07, 6.45) is 0. The number of phenolic OH excluding ortho intramolecular Hbond substituents is 3. The third-order valence-electron chi connectivity index (χ3n) is 3.13. The number of benzene rings is 2. The molecule has 0 aliphatic heterocycles. The summed E-state index contributed by atoms with van der Waals surface area (Å²) >= 11 is 0. The predicted octanol–water partition coefficient (Wildman–Crippen LogP) is 0.728. The number of phenols is 3. The minimum atomic E-state index is -1.00. The van der Waals surface area contributed by atoms with Crippen LogP contribution >= 0.6 is 0 Å². The first-order valence-corrected chi connectivity index (χ1v) is 6.45. The van der Waals surface area contributed by atoms with E-state index < -0.39 is 35.8 Å². The number of carbonyl (C=O) groups excluding carboxylic acids is 1. The van der Waals surface area contributed by atoms with Crippen molar-refractivity contribution < 1.29 is 25.2 Å².